The van der Waals surface area contributed by atoms with Gasteiger partial charge in [0.1, 0.15) is 5.82 Å². The number of benzene rings is 1. The van der Waals surface area contributed by atoms with Crippen LogP contribution < -0.4 is 5.73 Å². The molecule has 1 fully saturated rings. The molecule has 0 spiro atoms. The molecular formula is C12H15FN2O4S. The molecule has 0 atom stereocenters. The predicted octanol–water partition coefficient (Wildman–Crippen LogP) is 0.636. The summed E-state index contributed by atoms with van der Waals surface area (Å²) in [6.07, 6.45) is 0.994. The van der Waals surface area contributed by atoms with Gasteiger partial charge in [0.2, 0.25) is 10.0 Å². The number of nitrogens with zero attached hydrogens (tertiary/aromatic N) is 1. The Morgan fingerprint density at radius 3 is 2.50 bits per heavy atom. The molecule has 0 aliphatic carbocycles. The lowest BCUT2D eigenvalue weighted by Gasteiger charge is -2.29. The fourth-order valence-corrected chi connectivity index (χ4v) is 3.81. The maximum absolute atomic E-state index is 13.3. The number of nitrogens with two attached hydrogens (primary N) is 1. The van der Waals surface area contributed by atoms with Gasteiger partial charge < -0.3 is 10.8 Å². The van der Waals surface area contributed by atoms with Crippen molar-refractivity contribution in [1.82, 2.24) is 4.31 Å². The number of halogens is 1. The summed E-state index contributed by atoms with van der Waals surface area (Å²) in [5.74, 6) is -2.19. The van der Waals surface area contributed by atoms with Crippen molar-refractivity contribution >= 4 is 16.0 Å². The predicted molar refractivity (Wildman–Crippen MR) is 69.3 cm³/mol. The maximum atomic E-state index is 13.3. The maximum Gasteiger partial charge on any atom is 0.337 e. The molecular weight excluding hydrogens is 287 g/mol. The Bertz CT molecular complexity index is 624. The summed E-state index contributed by atoms with van der Waals surface area (Å²) in [6, 6.07) is 2.57. The number of carboxylic acids is 1. The molecule has 0 unspecified atom stereocenters. The van der Waals surface area contributed by atoms with Crippen LogP contribution in [0, 0.1) is 5.82 Å². The minimum absolute atomic E-state index is 0.0621. The Labute approximate surface area is 116 Å². The normalized spacial score (nSPS) is 18.1. The summed E-state index contributed by atoms with van der Waals surface area (Å²) in [4.78, 5) is 10.6. The summed E-state index contributed by atoms with van der Waals surface area (Å²) in [7, 11) is -4.03. The van der Waals surface area contributed by atoms with Crippen molar-refractivity contribution in [2.45, 2.75) is 23.8 Å². The second-order valence-corrected chi connectivity index (χ2v) is 6.59. The van der Waals surface area contributed by atoms with Crippen LogP contribution in [0.15, 0.2) is 23.1 Å². The smallest absolute Gasteiger partial charge is 0.337 e. The molecule has 1 aliphatic rings. The molecule has 0 bridgehead atoms. The monoisotopic (exact) mass is 302 g/mol. The van der Waals surface area contributed by atoms with Gasteiger partial charge in [-0.05, 0) is 31.0 Å². The van der Waals surface area contributed by atoms with Crippen LogP contribution in [-0.2, 0) is 10.0 Å². The summed E-state index contributed by atoms with van der Waals surface area (Å²) >= 11 is 0. The Hall–Kier alpha value is -1.51. The lowest BCUT2D eigenvalue weighted by atomic mass is 10.1. The molecule has 0 saturated carbocycles. The van der Waals surface area contributed by atoms with Crippen LogP contribution in [0.5, 0.6) is 0 Å². The average molecular weight is 302 g/mol. The number of piperidine rings is 1. The van der Waals surface area contributed by atoms with Gasteiger partial charge in [-0.1, -0.05) is 0 Å². The van der Waals surface area contributed by atoms with E-state index in [2.05, 4.69) is 0 Å². The Kier molecular flexibility index (Phi) is 4.07. The zero-order chi connectivity index (χ0) is 14.9. The van der Waals surface area contributed by atoms with E-state index in [0.29, 0.717) is 12.8 Å². The van der Waals surface area contributed by atoms with Crippen LogP contribution in [0.1, 0.15) is 23.2 Å². The second kappa shape index (κ2) is 5.47. The molecule has 1 saturated heterocycles. The molecule has 1 aromatic carbocycles. The fraction of sp³-hybridized carbons (Fsp3) is 0.417. The molecule has 6 nitrogen and oxygen atoms in total. The number of hydrogen-bond donors (Lipinski definition) is 2. The molecule has 0 aromatic heterocycles. The van der Waals surface area contributed by atoms with E-state index in [1.165, 1.54) is 0 Å². The molecule has 2 rings (SSSR count). The highest BCUT2D eigenvalue weighted by molar-refractivity contribution is 7.89. The van der Waals surface area contributed by atoms with Gasteiger partial charge in [-0.15, -0.1) is 0 Å². The Morgan fingerprint density at radius 1 is 1.35 bits per heavy atom. The summed E-state index contributed by atoms with van der Waals surface area (Å²) in [6.45, 7) is 0.415. The lowest BCUT2D eigenvalue weighted by Crippen LogP contribution is -2.43. The van der Waals surface area contributed by atoms with Gasteiger partial charge in [-0.3, -0.25) is 0 Å². The first kappa shape index (κ1) is 14.9. The van der Waals surface area contributed by atoms with Crippen molar-refractivity contribution in [2.75, 3.05) is 13.1 Å². The first-order chi connectivity index (χ1) is 9.32. The van der Waals surface area contributed by atoms with Gasteiger partial charge in [0.05, 0.1) is 10.5 Å². The van der Waals surface area contributed by atoms with Crippen molar-refractivity contribution in [3.05, 3.63) is 29.6 Å². The Morgan fingerprint density at radius 2 is 1.95 bits per heavy atom. The van der Waals surface area contributed by atoms with E-state index >= 15 is 0 Å². The summed E-state index contributed by atoms with van der Waals surface area (Å²) in [5, 5.41) is 9.03. The van der Waals surface area contributed by atoms with E-state index in [1.54, 1.807) is 0 Å². The number of hydrogen-bond acceptors (Lipinski definition) is 4. The highest BCUT2D eigenvalue weighted by atomic mass is 32.2. The van der Waals surface area contributed by atoms with Crippen molar-refractivity contribution in [2.24, 2.45) is 5.73 Å². The van der Waals surface area contributed by atoms with Crippen LogP contribution in [0.3, 0.4) is 0 Å². The number of rotatable bonds is 3. The topological polar surface area (TPSA) is 101 Å². The third kappa shape index (κ3) is 2.82. The van der Waals surface area contributed by atoms with E-state index in [1.807, 2.05) is 0 Å². The molecule has 0 radical (unpaired) electrons. The zero-order valence-electron chi connectivity index (χ0n) is 10.6. The first-order valence-corrected chi connectivity index (χ1v) is 7.55. The lowest BCUT2D eigenvalue weighted by molar-refractivity contribution is 0.0692. The third-order valence-corrected chi connectivity index (χ3v) is 5.23. The van der Waals surface area contributed by atoms with Gasteiger partial charge in [0.25, 0.3) is 0 Å². The summed E-state index contributed by atoms with van der Waals surface area (Å²) in [5.41, 5.74) is 5.28. The standard InChI is InChI=1S/C12H15FN2O4S/c13-8-1-2-10(12(16)17)11(7-8)20(18,19)15-5-3-9(14)4-6-15/h1-2,7,9H,3-6,14H2,(H,16,17). The largest absolute Gasteiger partial charge is 0.478 e. The molecule has 8 heteroatoms. The number of carboxylic acid groups (broad SMARTS) is 1. The van der Waals surface area contributed by atoms with Crippen molar-refractivity contribution in [3.8, 4) is 0 Å². The third-order valence-electron chi connectivity index (χ3n) is 3.29. The van der Waals surface area contributed by atoms with Crippen molar-refractivity contribution in [1.29, 1.82) is 0 Å². The molecule has 1 aliphatic heterocycles. The average Bonchev–Trinajstić information content (AvgIpc) is 2.38. The van der Waals surface area contributed by atoms with E-state index < -0.39 is 32.3 Å². The van der Waals surface area contributed by atoms with Gasteiger partial charge in [0.15, 0.2) is 0 Å². The van der Waals surface area contributed by atoms with Gasteiger partial charge in [0, 0.05) is 19.1 Å². The van der Waals surface area contributed by atoms with Crippen LogP contribution in [0.4, 0.5) is 4.39 Å². The molecule has 0 amide bonds. The molecule has 1 heterocycles. The highest BCUT2D eigenvalue weighted by Crippen LogP contribution is 2.24. The SMILES string of the molecule is NC1CCN(S(=O)(=O)c2cc(F)ccc2C(=O)O)CC1. The number of carbonyl (C=O) groups is 1. The van der Waals surface area contributed by atoms with Crippen LogP contribution in [0.25, 0.3) is 0 Å². The van der Waals surface area contributed by atoms with Crippen LogP contribution in [0.2, 0.25) is 0 Å². The minimum atomic E-state index is -4.03. The zero-order valence-corrected chi connectivity index (χ0v) is 11.4. The van der Waals surface area contributed by atoms with E-state index in [4.69, 9.17) is 10.8 Å². The van der Waals surface area contributed by atoms with E-state index in [0.717, 1.165) is 22.5 Å². The molecule has 20 heavy (non-hydrogen) atoms. The van der Waals surface area contributed by atoms with Crippen LogP contribution >= 0.6 is 0 Å². The second-order valence-electron chi connectivity index (χ2n) is 4.69. The van der Waals surface area contributed by atoms with Gasteiger partial charge in [-0.2, -0.15) is 4.31 Å². The Balaban J connectivity index is 2.43. The van der Waals surface area contributed by atoms with E-state index in [9.17, 15) is 17.6 Å². The molecule has 110 valence electrons. The minimum Gasteiger partial charge on any atom is -0.478 e. The highest BCUT2D eigenvalue weighted by Gasteiger charge is 2.31. The molecule has 1 aromatic rings. The van der Waals surface area contributed by atoms with Gasteiger partial charge in [-0.25, -0.2) is 17.6 Å². The number of sulfonamides is 1. The molecule has 3 N–H and O–H groups in total. The number of aromatic carboxylic acids is 1. The van der Waals surface area contributed by atoms with Gasteiger partial charge >= 0.3 is 5.97 Å². The van der Waals surface area contributed by atoms with Crippen molar-refractivity contribution in [3.63, 3.8) is 0 Å². The fourth-order valence-electron chi connectivity index (χ4n) is 2.14. The van der Waals surface area contributed by atoms with Crippen LogP contribution in [-0.4, -0.2) is 42.9 Å². The van der Waals surface area contributed by atoms with Crippen molar-refractivity contribution < 1.29 is 22.7 Å². The quantitative estimate of drug-likeness (QED) is 0.853. The summed E-state index contributed by atoms with van der Waals surface area (Å²) < 4.78 is 39.3. The first-order valence-electron chi connectivity index (χ1n) is 6.11. The van der Waals surface area contributed by atoms with E-state index in [-0.39, 0.29) is 19.1 Å².